The summed E-state index contributed by atoms with van der Waals surface area (Å²) >= 11 is 9.08. The molecule has 3 rings (SSSR count). The summed E-state index contributed by atoms with van der Waals surface area (Å²) in [6.07, 6.45) is 0.753. The number of aromatic nitrogens is 1. The van der Waals surface area contributed by atoms with Gasteiger partial charge in [-0.25, -0.2) is 4.98 Å². The van der Waals surface area contributed by atoms with Gasteiger partial charge in [0.1, 0.15) is 0 Å². The summed E-state index contributed by atoms with van der Waals surface area (Å²) in [7, 11) is 0. The molecule has 0 spiro atoms. The number of fused-ring (bicyclic) bond motifs is 1. The molecule has 3 aromatic rings. The van der Waals surface area contributed by atoms with Gasteiger partial charge in [-0.15, -0.1) is 23.1 Å². The van der Waals surface area contributed by atoms with Crippen molar-refractivity contribution >= 4 is 50.8 Å². The normalized spacial score (nSPS) is 12.2. The van der Waals surface area contributed by atoms with Crippen LogP contribution >= 0.6 is 34.7 Å². The minimum Gasteiger partial charge on any atom is -0.355 e. The summed E-state index contributed by atoms with van der Waals surface area (Å²) in [6, 6.07) is 15.6. The molecule has 0 bridgehead atoms. The Balaban J connectivity index is 1.48. The molecule has 0 saturated carbocycles. The van der Waals surface area contributed by atoms with Gasteiger partial charge in [0, 0.05) is 22.9 Å². The second-order valence-corrected chi connectivity index (χ2v) is 8.30. The van der Waals surface area contributed by atoms with Gasteiger partial charge in [-0.1, -0.05) is 23.7 Å². The molecule has 1 unspecified atom stereocenters. The van der Waals surface area contributed by atoms with E-state index in [1.54, 1.807) is 11.3 Å². The summed E-state index contributed by atoms with van der Waals surface area (Å²) in [5.41, 5.74) is 1.02. The number of thioether (sulfide) groups is 1. The van der Waals surface area contributed by atoms with Crippen LogP contribution in [0.25, 0.3) is 10.2 Å². The summed E-state index contributed by atoms with van der Waals surface area (Å²) in [5.74, 6) is 0.0380. The second-order valence-electron chi connectivity index (χ2n) is 5.33. The Morgan fingerprint density at radius 2 is 2.00 bits per heavy atom. The van der Waals surface area contributed by atoms with Gasteiger partial charge in [0.2, 0.25) is 5.91 Å². The monoisotopic (exact) mass is 376 g/mol. The standard InChI is InChI=1S/C18H17ClN2OS2/c1-12(23-14-8-6-13(19)7-9-14)18(22)20-11-10-17-21-15-4-2-3-5-16(15)24-17/h2-9,12H,10-11H2,1H3,(H,20,22). The Morgan fingerprint density at radius 3 is 2.75 bits per heavy atom. The first kappa shape index (κ1) is 17.3. The van der Waals surface area contributed by atoms with Crippen molar-refractivity contribution in [3.63, 3.8) is 0 Å². The lowest BCUT2D eigenvalue weighted by Crippen LogP contribution is -2.32. The number of hydrogen-bond donors (Lipinski definition) is 1. The number of para-hydroxylation sites is 1. The van der Waals surface area contributed by atoms with Crippen molar-refractivity contribution in [1.29, 1.82) is 0 Å². The molecule has 0 fully saturated rings. The van der Waals surface area contributed by atoms with Crippen molar-refractivity contribution in [2.45, 2.75) is 23.5 Å². The van der Waals surface area contributed by atoms with E-state index in [4.69, 9.17) is 11.6 Å². The van der Waals surface area contributed by atoms with E-state index in [-0.39, 0.29) is 11.2 Å². The number of rotatable bonds is 6. The molecule has 1 aromatic heterocycles. The quantitative estimate of drug-likeness (QED) is 0.629. The molecule has 2 aromatic carbocycles. The number of amides is 1. The van der Waals surface area contributed by atoms with Crippen LogP contribution in [-0.4, -0.2) is 22.7 Å². The fourth-order valence-electron chi connectivity index (χ4n) is 2.23. The van der Waals surface area contributed by atoms with E-state index >= 15 is 0 Å². The molecule has 3 nitrogen and oxygen atoms in total. The Labute approximate surface area is 154 Å². The predicted molar refractivity (Wildman–Crippen MR) is 103 cm³/mol. The van der Waals surface area contributed by atoms with Gasteiger partial charge in [-0.2, -0.15) is 0 Å². The van der Waals surface area contributed by atoms with E-state index in [0.717, 1.165) is 21.8 Å². The van der Waals surface area contributed by atoms with Gasteiger partial charge < -0.3 is 5.32 Å². The summed E-state index contributed by atoms with van der Waals surface area (Å²) in [4.78, 5) is 17.8. The number of thiazole rings is 1. The van der Waals surface area contributed by atoms with E-state index < -0.39 is 0 Å². The lowest BCUT2D eigenvalue weighted by atomic mass is 10.3. The molecule has 0 saturated heterocycles. The number of halogens is 1. The number of benzene rings is 2. The van der Waals surface area contributed by atoms with Crippen LogP contribution in [0.3, 0.4) is 0 Å². The average molecular weight is 377 g/mol. The first-order valence-corrected chi connectivity index (χ1v) is 9.73. The number of hydrogen-bond acceptors (Lipinski definition) is 4. The van der Waals surface area contributed by atoms with Gasteiger partial charge in [0.25, 0.3) is 0 Å². The SMILES string of the molecule is CC(Sc1ccc(Cl)cc1)C(=O)NCCc1nc2ccccc2s1. The summed E-state index contributed by atoms with van der Waals surface area (Å²) in [5, 5.41) is 4.59. The topological polar surface area (TPSA) is 42.0 Å². The number of carbonyl (C=O) groups excluding carboxylic acids is 1. The third-order valence-corrected chi connectivity index (χ3v) is 5.93. The maximum Gasteiger partial charge on any atom is 0.233 e. The van der Waals surface area contributed by atoms with Crippen molar-refractivity contribution in [2.24, 2.45) is 0 Å². The van der Waals surface area contributed by atoms with Gasteiger partial charge in [0.15, 0.2) is 0 Å². The van der Waals surface area contributed by atoms with Crippen molar-refractivity contribution in [3.05, 3.63) is 58.6 Å². The molecule has 1 N–H and O–H groups in total. The Bertz CT molecular complexity index is 799. The summed E-state index contributed by atoms with van der Waals surface area (Å²) in [6.45, 7) is 2.51. The minimum absolute atomic E-state index is 0.0380. The van der Waals surface area contributed by atoms with E-state index in [9.17, 15) is 4.79 Å². The zero-order valence-electron chi connectivity index (χ0n) is 13.2. The molecular weight excluding hydrogens is 360 g/mol. The van der Waals surface area contributed by atoms with E-state index in [1.807, 2.05) is 49.4 Å². The third kappa shape index (κ3) is 4.50. The van der Waals surface area contributed by atoms with Gasteiger partial charge >= 0.3 is 0 Å². The van der Waals surface area contributed by atoms with E-state index in [1.165, 1.54) is 16.5 Å². The molecule has 24 heavy (non-hydrogen) atoms. The molecule has 0 aliphatic carbocycles. The molecule has 0 aliphatic heterocycles. The predicted octanol–water partition coefficient (Wildman–Crippen LogP) is 4.79. The number of nitrogens with one attached hydrogen (secondary N) is 1. The fraction of sp³-hybridized carbons (Fsp3) is 0.222. The van der Waals surface area contributed by atoms with Gasteiger partial charge in [-0.05, 0) is 43.3 Å². The van der Waals surface area contributed by atoms with Crippen molar-refractivity contribution < 1.29 is 4.79 Å². The Kier molecular flexibility index (Phi) is 5.76. The van der Waals surface area contributed by atoms with Gasteiger partial charge in [0.05, 0.1) is 20.5 Å². The largest absolute Gasteiger partial charge is 0.355 e. The highest BCUT2D eigenvalue weighted by Crippen LogP contribution is 2.25. The first-order chi connectivity index (χ1) is 11.6. The molecule has 0 radical (unpaired) electrons. The first-order valence-electron chi connectivity index (χ1n) is 7.66. The number of nitrogens with zero attached hydrogens (tertiary/aromatic N) is 1. The molecule has 1 heterocycles. The highest BCUT2D eigenvalue weighted by molar-refractivity contribution is 8.00. The third-order valence-electron chi connectivity index (χ3n) is 3.47. The van der Waals surface area contributed by atoms with Crippen molar-refractivity contribution in [1.82, 2.24) is 10.3 Å². The highest BCUT2D eigenvalue weighted by atomic mass is 35.5. The smallest absolute Gasteiger partial charge is 0.233 e. The van der Waals surface area contributed by atoms with Crippen LogP contribution in [0.4, 0.5) is 0 Å². The molecule has 1 amide bonds. The average Bonchev–Trinajstić information content (AvgIpc) is 2.99. The van der Waals surface area contributed by atoms with Crippen LogP contribution < -0.4 is 5.32 Å². The van der Waals surface area contributed by atoms with Crippen LogP contribution in [0.5, 0.6) is 0 Å². The lowest BCUT2D eigenvalue weighted by Gasteiger charge is -2.11. The molecule has 0 aliphatic rings. The van der Waals surface area contributed by atoms with Crippen LogP contribution in [0.2, 0.25) is 5.02 Å². The molecular formula is C18H17ClN2OS2. The van der Waals surface area contributed by atoms with E-state index in [0.29, 0.717) is 11.6 Å². The Hall–Kier alpha value is -1.56. The van der Waals surface area contributed by atoms with Gasteiger partial charge in [-0.3, -0.25) is 4.79 Å². The number of carbonyl (C=O) groups is 1. The molecule has 124 valence electrons. The maximum atomic E-state index is 12.2. The zero-order chi connectivity index (χ0) is 16.9. The summed E-state index contributed by atoms with van der Waals surface area (Å²) < 4.78 is 1.19. The van der Waals surface area contributed by atoms with Crippen LogP contribution in [0, 0.1) is 0 Å². The van der Waals surface area contributed by atoms with Crippen LogP contribution in [0.15, 0.2) is 53.4 Å². The molecule has 1 atom stereocenters. The maximum absolute atomic E-state index is 12.2. The molecule has 6 heteroatoms. The zero-order valence-corrected chi connectivity index (χ0v) is 15.5. The second kappa shape index (κ2) is 8.01. The lowest BCUT2D eigenvalue weighted by molar-refractivity contribution is -0.120. The van der Waals surface area contributed by atoms with Crippen LogP contribution in [0.1, 0.15) is 11.9 Å². The minimum atomic E-state index is -0.151. The highest BCUT2D eigenvalue weighted by Gasteiger charge is 2.14. The van der Waals surface area contributed by atoms with E-state index in [2.05, 4.69) is 16.4 Å². The van der Waals surface area contributed by atoms with Crippen molar-refractivity contribution in [2.75, 3.05) is 6.54 Å². The van der Waals surface area contributed by atoms with Crippen molar-refractivity contribution in [3.8, 4) is 0 Å². The van der Waals surface area contributed by atoms with Crippen LogP contribution in [-0.2, 0) is 11.2 Å². The Morgan fingerprint density at radius 1 is 1.25 bits per heavy atom. The fourth-order valence-corrected chi connectivity index (χ4v) is 4.22.